The molecule has 0 saturated carbocycles. The van der Waals surface area contributed by atoms with Crippen molar-refractivity contribution in [3.63, 3.8) is 0 Å². The average Bonchev–Trinajstić information content (AvgIpc) is 2.74. The summed E-state index contributed by atoms with van der Waals surface area (Å²) < 4.78 is 5.74. The van der Waals surface area contributed by atoms with E-state index in [1.54, 1.807) is 3.59 Å². The number of benzene rings is 2. The van der Waals surface area contributed by atoms with Crippen molar-refractivity contribution in [2.45, 2.75) is 72.6 Å². The van der Waals surface area contributed by atoms with E-state index in [0.29, 0.717) is 5.02 Å². The summed E-state index contributed by atoms with van der Waals surface area (Å²) in [6, 6.07) is 14.3. The molecule has 4 heteroatoms. The van der Waals surface area contributed by atoms with Gasteiger partial charge in [-0.1, -0.05) is 0 Å². The van der Waals surface area contributed by atoms with Crippen LogP contribution in [0.3, 0.4) is 0 Å². The maximum atomic E-state index is 6.81. The van der Waals surface area contributed by atoms with Gasteiger partial charge in [0.1, 0.15) is 0 Å². The molecule has 0 aliphatic rings. The van der Waals surface area contributed by atoms with Gasteiger partial charge in [-0.3, -0.25) is 0 Å². The minimum absolute atomic E-state index is 0.700. The van der Waals surface area contributed by atoms with E-state index in [-0.39, 0.29) is 0 Å². The molecule has 0 radical (unpaired) electrons. The second-order valence-corrected chi connectivity index (χ2v) is 22.7. The molecule has 30 heavy (non-hydrogen) atoms. The van der Waals surface area contributed by atoms with Crippen LogP contribution in [0.5, 0.6) is 0 Å². The molecule has 0 fully saturated rings. The Balaban J connectivity index is 2.70. The fourth-order valence-corrected chi connectivity index (χ4v) is 22.0. The zero-order valence-electron chi connectivity index (χ0n) is 18.6. The van der Waals surface area contributed by atoms with Crippen LogP contribution in [0.4, 0.5) is 0 Å². The third-order valence-electron chi connectivity index (χ3n) is 6.00. The molecule has 2 aromatic rings. The average molecular weight is 573 g/mol. The van der Waals surface area contributed by atoms with Gasteiger partial charge in [0.2, 0.25) is 0 Å². The van der Waals surface area contributed by atoms with Crippen molar-refractivity contribution in [1.82, 2.24) is 0 Å². The Hall–Kier alpha value is -0.151. The zero-order chi connectivity index (χ0) is 22.0. The normalized spacial score (nSPS) is 12.4. The predicted octanol–water partition coefficient (Wildman–Crippen LogP) is 10.6. The second kappa shape index (κ2) is 13.4. The van der Waals surface area contributed by atoms with Gasteiger partial charge in [0.25, 0.3) is 0 Å². The molecule has 0 N–H and O–H groups in total. The molecule has 2 aromatic carbocycles. The molecule has 0 aliphatic heterocycles. The summed E-state index contributed by atoms with van der Waals surface area (Å²) >= 11 is 16.5. The molecule has 0 bridgehead atoms. The van der Waals surface area contributed by atoms with Gasteiger partial charge < -0.3 is 0 Å². The quantitative estimate of drug-likeness (QED) is 0.175. The van der Waals surface area contributed by atoms with Crippen molar-refractivity contribution in [3.05, 3.63) is 68.7 Å². The second-order valence-electron chi connectivity index (χ2n) is 8.32. The van der Waals surface area contributed by atoms with Gasteiger partial charge in [-0.05, 0) is 0 Å². The molecule has 0 saturated heterocycles. The number of rotatable bonds is 12. The third-order valence-corrected chi connectivity index (χ3v) is 22.5. The predicted molar refractivity (Wildman–Crippen MR) is 141 cm³/mol. The van der Waals surface area contributed by atoms with Crippen LogP contribution >= 0.6 is 34.8 Å². The summed E-state index contributed by atoms with van der Waals surface area (Å²) in [5, 5.41) is 2.26. The number of hydrogen-bond acceptors (Lipinski definition) is 0. The van der Waals surface area contributed by atoms with E-state index in [1.807, 2.05) is 24.3 Å². The summed E-state index contributed by atoms with van der Waals surface area (Å²) in [7, 11) is 0. The summed E-state index contributed by atoms with van der Waals surface area (Å²) in [4.78, 5) is 0. The summed E-state index contributed by atoms with van der Waals surface area (Å²) in [6.45, 7) is 6.94. The molecule has 0 nitrogen and oxygen atoms in total. The van der Waals surface area contributed by atoms with Crippen LogP contribution in [-0.4, -0.2) is 18.4 Å². The van der Waals surface area contributed by atoms with Crippen LogP contribution < -0.4 is 0 Å². The van der Waals surface area contributed by atoms with Gasteiger partial charge in [0.05, 0.1) is 0 Å². The van der Waals surface area contributed by atoms with E-state index in [1.165, 1.54) is 63.0 Å². The first-order valence-corrected chi connectivity index (χ1v) is 20.0. The molecule has 0 spiro atoms. The molecule has 0 unspecified atom stereocenters. The van der Waals surface area contributed by atoms with E-state index >= 15 is 0 Å². The van der Waals surface area contributed by atoms with Crippen molar-refractivity contribution < 1.29 is 0 Å². The molecule has 0 aromatic heterocycles. The molecule has 0 aliphatic carbocycles. The molecule has 0 amide bonds. The van der Waals surface area contributed by atoms with Gasteiger partial charge in [-0.15, -0.1) is 0 Å². The number of unbranched alkanes of at least 4 members (excludes halogenated alkanes) is 3. The van der Waals surface area contributed by atoms with Crippen molar-refractivity contribution in [2.75, 3.05) is 0 Å². The fraction of sp³-hybridized carbons (Fsp3) is 0.462. The number of halogens is 3. The molecule has 0 heterocycles. The monoisotopic (exact) mass is 572 g/mol. The molecular weight excluding hydrogens is 537 g/mol. The van der Waals surface area contributed by atoms with Crippen molar-refractivity contribution in [3.8, 4) is 0 Å². The van der Waals surface area contributed by atoms with Crippen LogP contribution in [-0.2, 0) is 0 Å². The Labute approximate surface area is 202 Å². The van der Waals surface area contributed by atoms with Crippen molar-refractivity contribution in [2.24, 2.45) is 0 Å². The standard InChI is InChI=1S/C14H8Cl3.3C4H9.Sn/c15-12-6-2-10(3-7-12)1-4-11-5-8-13(16)9-14(11)17;3*1-3-4-2;/h1-3,5-9H;3*1,3-4H2,2H3;. The molecular formula is C26H35Cl3Sn. The Bertz CT molecular complexity index is 790. The zero-order valence-corrected chi connectivity index (χ0v) is 23.7. The summed E-state index contributed by atoms with van der Waals surface area (Å²) in [5.41, 5.74) is 2.42. The van der Waals surface area contributed by atoms with Gasteiger partial charge in [0, 0.05) is 0 Å². The van der Waals surface area contributed by atoms with Crippen molar-refractivity contribution in [1.29, 1.82) is 0 Å². The van der Waals surface area contributed by atoms with Crippen molar-refractivity contribution >= 4 is 62.8 Å². The van der Waals surface area contributed by atoms with E-state index in [4.69, 9.17) is 34.8 Å². The minimum atomic E-state index is -2.74. The van der Waals surface area contributed by atoms with Crippen LogP contribution in [0.15, 0.2) is 42.5 Å². The van der Waals surface area contributed by atoms with E-state index in [0.717, 1.165) is 10.0 Å². The molecule has 164 valence electrons. The Morgan fingerprint density at radius 3 is 1.70 bits per heavy atom. The first kappa shape index (κ1) is 26.1. The van der Waals surface area contributed by atoms with Gasteiger partial charge in [-0.2, -0.15) is 0 Å². The summed E-state index contributed by atoms with van der Waals surface area (Å²) in [6.07, 6.45) is 10.1. The topological polar surface area (TPSA) is 0 Å². The first-order valence-electron chi connectivity index (χ1n) is 11.4. The SMILES string of the molecule is CCC[CH2][Sn]([CH2]CCC)([CH2]CCC)/[C](=C/c1ccc(Cl)cc1)c1ccc(Cl)cc1Cl. The number of hydrogen-bond donors (Lipinski definition) is 0. The Morgan fingerprint density at radius 1 is 0.733 bits per heavy atom. The van der Waals surface area contributed by atoms with Crippen LogP contribution in [0.25, 0.3) is 9.67 Å². The molecule has 2 rings (SSSR count). The van der Waals surface area contributed by atoms with E-state index in [2.05, 4.69) is 45.0 Å². The van der Waals surface area contributed by atoms with E-state index < -0.39 is 18.4 Å². The Morgan fingerprint density at radius 2 is 1.23 bits per heavy atom. The van der Waals surface area contributed by atoms with Gasteiger partial charge >= 0.3 is 204 Å². The Kier molecular flexibility index (Phi) is 11.7. The van der Waals surface area contributed by atoms with E-state index in [9.17, 15) is 0 Å². The van der Waals surface area contributed by atoms with Gasteiger partial charge in [-0.25, -0.2) is 0 Å². The van der Waals surface area contributed by atoms with Gasteiger partial charge in [0.15, 0.2) is 0 Å². The van der Waals surface area contributed by atoms with Crippen LogP contribution in [0.1, 0.15) is 70.4 Å². The third kappa shape index (κ3) is 7.47. The summed E-state index contributed by atoms with van der Waals surface area (Å²) in [5.74, 6) is 0. The maximum absolute atomic E-state index is 6.81. The fourth-order valence-electron chi connectivity index (χ4n) is 4.27. The molecule has 0 atom stereocenters. The van der Waals surface area contributed by atoms with Crippen LogP contribution in [0, 0.1) is 0 Å². The van der Waals surface area contributed by atoms with Crippen LogP contribution in [0.2, 0.25) is 28.4 Å². The first-order chi connectivity index (χ1) is 14.5.